The molecule has 0 atom stereocenters. The quantitative estimate of drug-likeness (QED) is 0.622. The highest BCUT2D eigenvalue weighted by Crippen LogP contribution is 2.13. The summed E-state index contributed by atoms with van der Waals surface area (Å²) in [5.41, 5.74) is 8.78. The summed E-state index contributed by atoms with van der Waals surface area (Å²) in [7, 11) is 0. The number of nitrogens with zero attached hydrogens (tertiary/aromatic N) is 3. The largest absolute Gasteiger partial charge is 0.397 e. The first kappa shape index (κ1) is 6.97. The Bertz CT molecular complexity index is 424. The lowest BCUT2D eigenvalue weighted by atomic mass is 10.2. The Hall–Kier alpha value is -1.71. The number of anilines is 1. The zero-order valence-electron chi connectivity index (χ0n) is 6.65. The van der Waals surface area contributed by atoms with Crippen LogP contribution >= 0.6 is 0 Å². The lowest BCUT2D eigenvalue weighted by molar-refractivity contribution is 1.05. The first-order valence-electron chi connectivity index (χ1n) is 3.61. The van der Waals surface area contributed by atoms with Gasteiger partial charge in [-0.2, -0.15) is 5.10 Å². The maximum Gasteiger partial charge on any atom is 0.114 e. The molecular formula is C8H8N4. The van der Waals surface area contributed by atoms with Gasteiger partial charge in [-0.3, -0.25) is 4.98 Å². The third-order valence-electron chi connectivity index (χ3n) is 1.68. The second kappa shape index (κ2) is 2.41. The second-order valence-corrected chi connectivity index (χ2v) is 2.66. The molecule has 0 amide bonds. The third-order valence-corrected chi connectivity index (χ3v) is 1.68. The molecule has 0 saturated carbocycles. The molecule has 60 valence electrons. The molecular weight excluding hydrogens is 152 g/mol. The van der Waals surface area contributed by atoms with E-state index < -0.39 is 0 Å². The number of rotatable bonds is 0. The van der Waals surface area contributed by atoms with Gasteiger partial charge in [-0.25, -0.2) is 0 Å². The second-order valence-electron chi connectivity index (χ2n) is 2.66. The van der Waals surface area contributed by atoms with Gasteiger partial charge in [-0.15, -0.1) is 5.10 Å². The van der Waals surface area contributed by atoms with E-state index in [1.165, 1.54) is 0 Å². The number of aryl methyl sites for hydroxylation is 1. The average Bonchev–Trinajstić information content (AvgIpc) is 2.04. The van der Waals surface area contributed by atoms with Gasteiger partial charge < -0.3 is 5.73 Å². The summed E-state index contributed by atoms with van der Waals surface area (Å²) in [6, 6.07) is 1.77. The zero-order valence-corrected chi connectivity index (χ0v) is 6.65. The van der Waals surface area contributed by atoms with Crippen molar-refractivity contribution >= 4 is 16.7 Å². The standard InChI is InChI=1S/C8H8N4/c1-5-3-11-12-7-2-6(9)4-10-8(5)7/h2-4H,9H2,1H3. The minimum atomic E-state index is 0.613. The Morgan fingerprint density at radius 1 is 1.33 bits per heavy atom. The molecule has 2 aromatic rings. The highest BCUT2D eigenvalue weighted by molar-refractivity contribution is 5.78. The molecule has 0 aliphatic heterocycles. The molecule has 0 bridgehead atoms. The Balaban J connectivity index is 2.86. The first-order chi connectivity index (χ1) is 5.77. The van der Waals surface area contributed by atoms with Gasteiger partial charge in [-0.1, -0.05) is 0 Å². The topological polar surface area (TPSA) is 64.7 Å². The molecule has 2 rings (SSSR count). The molecule has 0 saturated heterocycles. The van der Waals surface area contributed by atoms with Crippen LogP contribution in [0.5, 0.6) is 0 Å². The molecule has 0 spiro atoms. The smallest absolute Gasteiger partial charge is 0.114 e. The zero-order chi connectivity index (χ0) is 8.55. The van der Waals surface area contributed by atoms with Gasteiger partial charge in [0.15, 0.2) is 0 Å². The maximum atomic E-state index is 5.54. The van der Waals surface area contributed by atoms with Crippen LogP contribution in [0.25, 0.3) is 11.0 Å². The van der Waals surface area contributed by atoms with Gasteiger partial charge >= 0.3 is 0 Å². The number of nitrogens with two attached hydrogens (primary N) is 1. The molecule has 0 aromatic carbocycles. The van der Waals surface area contributed by atoms with Crippen molar-refractivity contribution in [3.63, 3.8) is 0 Å². The summed E-state index contributed by atoms with van der Waals surface area (Å²) in [4.78, 5) is 4.15. The van der Waals surface area contributed by atoms with Crippen LogP contribution in [-0.4, -0.2) is 15.2 Å². The maximum absolute atomic E-state index is 5.54. The molecule has 12 heavy (non-hydrogen) atoms. The van der Waals surface area contributed by atoms with E-state index in [-0.39, 0.29) is 0 Å². The molecule has 0 fully saturated rings. The number of fused-ring (bicyclic) bond motifs is 1. The predicted molar refractivity (Wildman–Crippen MR) is 46.5 cm³/mol. The summed E-state index contributed by atoms with van der Waals surface area (Å²) in [5.74, 6) is 0. The normalized spacial score (nSPS) is 10.4. The van der Waals surface area contributed by atoms with Gasteiger partial charge in [0, 0.05) is 0 Å². The van der Waals surface area contributed by atoms with Crippen molar-refractivity contribution < 1.29 is 0 Å². The van der Waals surface area contributed by atoms with Gasteiger partial charge in [0.25, 0.3) is 0 Å². The van der Waals surface area contributed by atoms with Gasteiger partial charge in [-0.05, 0) is 18.6 Å². The Labute approximate surface area is 69.4 Å². The first-order valence-corrected chi connectivity index (χ1v) is 3.61. The molecule has 0 aliphatic carbocycles. The average molecular weight is 160 g/mol. The third kappa shape index (κ3) is 0.972. The van der Waals surface area contributed by atoms with Gasteiger partial charge in [0.2, 0.25) is 0 Å². The van der Waals surface area contributed by atoms with Crippen molar-refractivity contribution in [3.05, 3.63) is 24.0 Å². The van der Waals surface area contributed by atoms with E-state index in [4.69, 9.17) is 5.73 Å². The fourth-order valence-corrected chi connectivity index (χ4v) is 1.09. The van der Waals surface area contributed by atoms with Crippen molar-refractivity contribution in [1.29, 1.82) is 0 Å². The lowest BCUT2D eigenvalue weighted by Crippen LogP contribution is -1.92. The molecule has 4 heteroatoms. The van der Waals surface area contributed by atoms with E-state index in [1.807, 2.05) is 6.92 Å². The summed E-state index contributed by atoms with van der Waals surface area (Å²) in [6.07, 6.45) is 3.31. The minimum Gasteiger partial charge on any atom is -0.397 e. The van der Waals surface area contributed by atoms with Gasteiger partial charge in [0.05, 0.1) is 23.6 Å². The van der Waals surface area contributed by atoms with Crippen LogP contribution in [0.15, 0.2) is 18.5 Å². The number of hydrogen-bond donors (Lipinski definition) is 1. The van der Waals surface area contributed by atoms with Crippen LogP contribution in [-0.2, 0) is 0 Å². The fourth-order valence-electron chi connectivity index (χ4n) is 1.09. The number of nitrogen functional groups attached to an aromatic ring is 1. The fraction of sp³-hybridized carbons (Fsp3) is 0.125. The minimum absolute atomic E-state index is 0.613. The molecule has 2 aromatic heterocycles. The predicted octanol–water partition coefficient (Wildman–Crippen LogP) is 0.915. The molecule has 0 radical (unpaired) electrons. The van der Waals surface area contributed by atoms with E-state index in [0.717, 1.165) is 16.6 Å². The van der Waals surface area contributed by atoms with Crippen LogP contribution in [0.2, 0.25) is 0 Å². The number of hydrogen-bond acceptors (Lipinski definition) is 4. The van der Waals surface area contributed by atoms with Crippen LogP contribution < -0.4 is 5.73 Å². The van der Waals surface area contributed by atoms with E-state index in [0.29, 0.717) is 5.69 Å². The van der Waals surface area contributed by atoms with Crippen molar-refractivity contribution in [3.8, 4) is 0 Å². The van der Waals surface area contributed by atoms with E-state index >= 15 is 0 Å². The molecule has 2 N–H and O–H groups in total. The van der Waals surface area contributed by atoms with E-state index in [9.17, 15) is 0 Å². The molecule has 4 nitrogen and oxygen atoms in total. The summed E-state index contributed by atoms with van der Waals surface area (Å²) >= 11 is 0. The van der Waals surface area contributed by atoms with Crippen LogP contribution in [0.3, 0.4) is 0 Å². The lowest BCUT2D eigenvalue weighted by Gasteiger charge is -1.98. The monoisotopic (exact) mass is 160 g/mol. The van der Waals surface area contributed by atoms with Crippen LogP contribution in [0, 0.1) is 6.92 Å². The highest BCUT2D eigenvalue weighted by Gasteiger charge is 1.99. The van der Waals surface area contributed by atoms with Crippen molar-refractivity contribution in [2.75, 3.05) is 5.73 Å². The number of aromatic nitrogens is 3. The molecule has 2 heterocycles. The van der Waals surface area contributed by atoms with Crippen LogP contribution in [0.4, 0.5) is 5.69 Å². The van der Waals surface area contributed by atoms with E-state index in [1.54, 1.807) is 18.5 Å². The SMILES string of the molecule is Cc1cnnc2cc(N)cnc12. The highest BCUT2D eigenvalue weighted by atomic mass is 15.1. The Morgan fingerprint density at radius 3 is 3.00 bits per heavy atom. The number of pyridine rings is 1. The van der Waals surface area contributed by atoms with E-state index in [2.05, 4.69) is 15.2 Å². The van der Waals surface area contributed by atoms with Crippen LogP contribution in [0.1, 0.15) is 5.56 Å². The molecule has 0 aliphatic rings. The molecule has 0 unspecified atom stereocenters. The van der Waals surface area contributed by atoms with Gasteiger partial charge in [0.1, 0.15) is 5.52 Å². The Kier molecular flexibility index (Phi) is 1.40. The summed E-state index contributed by atoms with van der Waals surface area (Å²) in [6.45, 7) is 1.94. The van der Waals surface area contributed by atoms with Crippen molar-refractivity contribution in [1.82, 2.24) is 15.2 Å². The summed E-state index contributed by atoms with van der Waals surface area (Å²) < 4.78 is 0. The summed E-state index contributed by atoms with van der Waals surface area (Å²) in [5, 5.41) is 7.72. The Morgan fingerprint density at radius 2 is 2.17 bits per heavy atom. The van der Waals surface area contributed by atoms with Crippen molar-refractivity contribution in [2.45, 2.75) is 6.92 Å². The van der Waals surface area contributed by atoms with Crippen molar-refractivity contribution in [2.24, 2.45) is 0 Å².